The molecule has 9 nitrogen and oxygen atoms in total. The molecular formula is C31H33N5O4S. The van der Waals surface area contributed by atoms with Gasteiger partial charge in [0.25, 0.3) is 10.0 Å². The molecule has 0 fully saturated rings. The molecule has 1 aliphatic rings. The van der Waals surface area contributed by atoms with Crippen LogP contribution in [0.25, 0.3) is 11.1 Å². The van der Waals surface area contributed by atoms with Gasteiger partial charge < -0.3 is 13.9 Å². The lowest BCUT2D eigenvalue weighted by Gasteiger charge is -2.22. The summed E-state index contributed by atoms with van der Waals surface area (Å²) in [6.07, 6.45) is 6.95. The third-order valence-corrected chi connectivity index (χ3v) is 9.37. The molecule has 2 aromatic carbocycles. The number of carbonyl (C=O) groups excluding carboxylic acids is 1. The Balaban J connectivity index is 1.51. The summed E-state index contributed by atoms with van der Waals surface area (Å²) in [5.41, 5.74) is 6.23. The number of imidazole rings is 1. The minimum Gasteiger partial charge on any atom is -0.337 e. The fourth-order valence-corrected chi connectivity index (χ4v) is 6.90. The number of anilines is 1. The van der Waals surface area contributed by atoms with E-state index in [1.54, 1.807) is 32.0 Å². The molecule has 10 heteroatoms. The predicted molar refractivity (Wildman–Crippen MR) is 155 cm³/mol. The Morgan fingerprint density at radius 1 is 1.20 bits per heavy atom. The summed E-state index contributed by atoms with van der Waals surface area (Å²) in [6, 6.07) is 14.7. The van der Waals surface area contributed by atoms with E-state index in [0.717, 1.165) is 54.5 Å². The highest BCUT2D eigenvalue weighted by Gasteiger charge is 2.28. The molecule has 0 radical (unpaired) electrons. The third-order valence-electron chi connectivity index (χ3n) is 7.98. The molecule has 2 unspecified atom stereocenters. The summed E-state index contributed by atoms with van der Waals surface area (Å²) < 4.78 is 36.8. The van der Waals surface area contributed by atoms with Crippen LogP contribution in [0.5, 0.6) is 0 Å². The van der Waals surface area contributed by atoms with E-state index < -0.39 is 10.0 Å². The molecule has 0 aliphatic heterocycles. The maximum absolute atomic E-state index is 13.5. The van der Waals surface area contributed by atoms with Crippen LogP contribution in [-0.2, 0) is 34.2 Å². The highest BCUT2D eigenvalue weighted by Crippen LogP contribution is 2.36. The molecule has 5 rings (SSSR count). The van der Waals surface area contributed by atoms with Gasteiger partial charge >= 0.3 is 0 Å². The van der Waals surface area contributed by atoms with Crippen LogP contribution in [0.1, 0.15) is 65.9 Å². The summed E-state index contributed by atoms with van der Waals surface area (Å²) in [5, 5.41) is 13.5. The van der Waals surface area contributed by atoms with Crippen LogP contribution < -0.4 is 4.72 Å². The zero-order chi connectivity index (χ0) is 29.1. The molecule has 41 heavy (non-hydrogen) atoms. The first-order valence-electron chi connectivity index (χ1n) is 13.8. The zero-order valence-corrected chi connectivity index (χ0v) is 24.2. The first-order valence-corrected chi connectivity index (χ1v) is 15.2. The number of hydrogen-bond donors (Lipinski definition) is 1. The number of nitriles is 1. The standard InChI is InChI=1S/C31H33N5O4S/c1-20(18-37)25-8-4-6-10-28-30(25)36(19-33-28)17-23-12-13-26(24(16-23)14-15-32)27-9-5-7-11-29(27)41(38,39)35-31-21(2)22(3)34-40-31/h5,7,9,11-13,16,18-20,25,35H,4,6,8,10,14,17H2,1-3H3. The number of aldehydes is 1. The monoisotopic (exact) mass is 571 g/mol. The SMILES string of the molecule is Cc1noc(NS(=O)(=O)c2ccccc2-c2ccc(Cn3cnc4c3C(C(C)C=O)CCCC4)cc2CC#N)c1C. The van der Waals surface area contributed by atoms with E-state index in [0.29, 0.717) is 28.9 Å². The molecule has 2 heterocycles. The van der Waals surface area contributed by atoms with E-state index in [1.165, 1.54) is 6.07 Å². The van der Waals surface area contributed by atoms with Crippen molar-refractivity contribution in [2.24, 2.45) is 5.92 Å². The highest BCUT2D eigenvalue weighted by atomic mass is 32.2. The van der Waals surface area contributed by atoms with E-state index in [-0.39, 0.29) is 29.0 Å². The number of rotatable bonds is 9. The summed E-state index contributed by atoms with van der Waals surface area (Å²) in [4.78, 5) is 16.5. The summed E-state index contributed by atoms with van der Waals surface area (Å²) in [7, 11) is -4.02. The molecule has 1 N–H and O–H groups in total. The van der Waals surface area contributed by atoms with Gasteiger partial charge in [0.15, 0.2) is 0 Å². The summed E-state index contributed by atoms with van der Waals surface area (Å²) >= 11 is 0. The largest absolute Gasteiger partial charge is 0.337 e. The van der Waals surface area contributed by atoms with Crippen molar-refractivity contribution in [1.82, 2.24) is 14.7 Å². The lowest BCUT2D eigenvalue weighted by Crippen LogP contribution is -2.16. The van der Waals surface area contributed by atoms with Crippen molar-refractivity contribution in [1.29, 1.82) is 5.26 Å². The number of hydrogen-bond acceptors (Lipinski definition) is 7. The van der Waals surface area contributed by atoms with Crippen LogP contribution in [-0.4, -0.2) is 29.4 Å². The normalized spacial score (nSPS) is 15.9. The van der Waals surface area contributed by atoms with Crippen LogP contribution in [0.3, 0.4) is 0 Å². The van der Waals surface area contributed by atoms with Crippen LogP contribution >= 0.6 is 0 Å². The van der Waals surface area contributed by atoms with Crippen LogP contribution in [0.15, 0.2) is 58.2 Å². The number of nitrogens with zero attached hydrogens (tertiary/aromatic N) is 4. The van der Waals surface area contributed by atoms with Gasteiger partial charge in [-0.1, -0.05) is 54.9 Å². The average molecular weight is 572 g/mol. The zero-order valence-electron chi connectivity index (χ0n) is 23.4. The molecule has 2 aromatic heterocycles. The maximum atomic E-state index is 13.5. The number of aryl methyl sites for hydroxylation is 2. The van der Waals surface area contributed by atoms with Crippen LogP contribution in [0, 0.1) is 31.1 Å². The molecule has 0 saturated heterocycles. The molecule has 4 aromatic rings. The number of aromatic nitrogens is 3. The molecular weight excluding hydrogens is 538 g/mol. The second kappa shape index (κ2) is 11.7. The fourth-order valence-electron chi connectivity index (χ4n) is 5.63. The summed E-state index contributed by atoms with van der Waals surface area (Å²) in [5.74, 6) is 0.0915. The summed E-state index contributed by atoms with van der Waals surface area (Å²) in [6.45, 7) is 5.98. The van der Waals surface area contributed by atoms with Gasteiger partial charge in [-0.05, 0) is 55.9 Å². The van der Waals surface area contributed by atoms with Crippen molar-refractivity contribution in [2.45, 2.75) is 70.2 Å². The minimum absolute atomic E-state index is 0.0750. The first kappa shape index (κ1) is 28.3. The molecule has 1 aliphatic carbocycles. The average Bonchev–Trinajstić information content (AvgIpc) is 3.41. The lowest BCUT2D eigenvalue weighted by molar-refractivity contribution is -0.111. The first-order chi connectivity index (χ1) is 19.7. The van der Waals surface area contributed by atoms with E-state index in [9.17, 15) is 18.5 Å². The molecule has 2 atom stereocenters. The Labute approximate surface area is 240 Å². The van der Waals surface area contributed by atoms with E-state index in [4.69, 9.17) is 9.51 Å². The van der Waals surface area contributed by atoms with Gasteiger partial charge in [-0.15, -0.1) is 0 Å². The van der Waals surface area contributed by atoms with Gasteiger partial charge in [0.1, 0.15) is 6.29 Å². The quantitative estimate of drug-likeness (QED) is 0.201. The van der Waals surface area contributed by atoms with Gasteiger partial charge in [-0.25, -0.2) is 18.1 Å². The Hall–Kier alpha value is -4.23. The van der Waals surface area contributed by atoms with Crippen molar-refractivity contribution in [3.8, 4) is 17.2 Å². The molecule has 0 bridgehead atoms. The molecule has 212 valence electrons. The highest BCUT2D eigenvalue weighted by molar-refractivity contribution is 7.92. The number of nitrogens with one attached hydrogen (secondary N) is 1. The Bertz CT molecular complexity index is 1730. The van der Waals surface area contributed by atoms with E-state index in [2.05, 4.69) is 20.5 Å². The topological polar surface area (TPSA) is 131 Å². The van der Waals surface area contributed by atoms with Crippen molar-refractivity contribution in [3.63, 3.8) is 0 Å². The van der Waals surface area contributed by atoms with Gasteiger partial charge in [-0.3, -0.25) is 0 Å². The van der Waals surface area contributed by atoms with Crippen molar-refractivity contribution >= 4 is 22.2 Å². The molecule has 0 saturated carbocycles. The lowest BCUT2D eigenvalue weighted by atomic mass is 9.88. The van der Waals surface area contributed by atoms with Gasteiger partial charge in [0.2, 0.25) is 5.88 Å². The second-order valence-electron chi connectivity index (χ2n) is 10.7. The van der Waals surface area contributed by atoms with Crippen molar-refractivity contribution < 1.29 is 17.7 Å². The third kappa shape index (κ3) is 5.68. The molecule has 0 amide bonds. The minimum atomic E-state index is -4.02. The van der Waals surface area contributed by atoms with Crippen LogP contribution in [0.4, 0.5) is 5.88 Å². The Morgan fingerprint density at radius 3 is 2.73 bits per heavy atom. The van der Waals surface area contributed by atoms with E-state index >= 15 is 0 Å². The van der Waals surface area contributed by atoms with Gasteiger partial charge in [-0.2, -0.15) is 5.26 Å². The van der Waals surface area contributed by atoms with Crippen molar-refractivity contribution in [2.75, 3.05) is 4.72 Å². The fraction of sp³-hybridized carbons (Fsp3) is 0.355. The number of sulfonamides is 1. The Morgan fingerprint density at radius 2 is 2.00 bits per heavy atom. The van der Waals surface area contributed by atoms with Gasteiger partial charge in [0.05, 0.1) is 35.1 Å². The number of fused-ring (bicyclic) bond motifs is 1. The van der Waals surface area contributed by atoms with Crippen molar-refractivity contribution in [3.05, 3.63) is 82.6 Å². The number of benzene rings is 2. The number of carbonyl (C=O) groups is 1. The van der Waals surface area contributed by atoms with Crippen LogP contribution in [0.2, 0.25) is 0 Å². The Kier molecular flexibility index (Phi) is 8.08. The van der Waals surface area contributed by atoms with E-state index in [1.807, 2.05) is 31.5 Å². The van der Waals surface area contributed by atoms with Gasteiger partial charge in [0, 0.05) is 35.2 Å². The second-order valence-corrected chi connectivity index (χ2v) is 12.4. The predicted octanol–water partition coefficient (Wildman–Crippen LogP) is 5.72. The maximum Gasteiger partial charge on any atom is 0.264 e. The smallest absolute Gasteiger partial charge is 0.264 e. The molecule has 0 spiro atoms.